The molecule has 1 atom stereocenters. The van der Waals surface area contributed by atoms with Crippen molar-refractivity contribution in [1.29, 1.82) is 0 Å². The van der Waals surface area contributed by atoms with Crippen molar-refractivity contribution >= 4 is 23.2 Å². The summed E-state index contributed by atoms with van der Waals surface area (Å²) in [6, 6.07) is 0. The van der Waals surface area contributed by atoms with Gasteiger partial charge in [0.05, 0.1) is 0 Å². The van der Waals surface area contributed by atoms with E-state index in [1.54, 1.807) is 0 Å². The third-order valence-electron chi connectivity index (χ3n) is 1.53. The molecule has 0 bridgehead atoms. The highest BCUT2D eigenvalue weighted by molar-refractivity contribution is 6.34. The molecule has 1 aliphatic carbocycles. The predicted molar refractivity (Wildman–Crippen MR) is 33.6 cm³/mol. The van der Waals surface area contributed by atoms with Gasteiger partial charge in [0, 0.05) is 0 Å². The molecule has 0 N–H and O–H groups in total. The van der Waals surface area contributed by atoms with Crippen LogP contribution in [-0.4, -0.2) is 17.0 Å². The Kier molecular flexibility index (Phi) is 2.09. The van der Waals surface area contributed by atoms with E-state index in [1.165, 1.54) is 0 Å². The highest BCUT2D eigenvalue weighted by atomic mass is 35.5. The molecule has 0 spiro atoms. The average Bonchev–Trinajstić information content (AvgIpc) is 2.05. The van der Waals surface area contributed by atoms with Crippen LogP contribution >= 0.6 is 23.2 Å². The maximum atomic E-state index is 12.6. The van der Waals surface area contributed by atoms with Crippen LogP contribution in [0.5, 0.6) is 0 Å². The normalized spacial score (nSPS) is 36.9. The molecule has 1 aliphatic rings. The van der Waals surface area contributed by atoms with Crippen LogP contribution in [0.15, 0.2) is 10.9 Å². The van der Waals surface area contributed by atoms with E-state index in [4.69, 9.17) is 0 Å². The van der Waals surface area contributed by atoms with Crippen LogP contribution in [0.4, 0.5) is 26.3 Å². The van der Waals surface area contributed by atoms with Crippen LogP contribution in [0.1, 0.15) is 0 Å². The monoisotopic (exact) mass is 244 g/mol. The molecular formula is C5Cl2F6. The minimum atomic E-state index is -5.12. The number of hydrogen-bond donors (Lipinski definition) is 0. The molecule has 8 heteroatoms. The van der Waals surface area contributed by atoms with Gasteiger partial charge in [0.25, 0.3) is 0 Å². The van der Waals surface area contributed by atoms with E-state index in [1.807, 2.05) is 0 Å². The molecule has 0 radical (unpaired) electrons. The van der Waals surface area contributed by atoms with E-state index in [-0.39, 0.29) is 0 Å². The second kappa shape index (κ2) is 2.48. The van der Waals surface area contributed by atoms with Crippen molar-refractivity contribution in [2.75, 3.05) is 0 Å². The quantitative estimate of drug-likeness (QED) is 0.451. The zero-order chi connectivity index (χ0) is 10.7. The van der Waals surface area contributed by atoms with Gasteiger partial charge in [-0.1, -0.05) is 23.2 Å². The number of alkyl halides is 6. The summed E-state index contributed by atoms with van der Waals surface area (Å²) in [5, 5.41) is -7.05. The number of hydrogen-bond acceptors (Lipinski definition) is 0. The molecule has 76 valence electrons. The summed E-state index contributed by atoms with van der Waals surface area (Å²) in [6.07, 6.45) is 0. The fraction of sp³-hybridized carbons (Fsp3) is 0.600. The van der Waals surface area contributed by atoms with Gasteiger partial charge in [-0.05, 0) is 0 Å². The van der Waals surface area contributed by atoms with Gasteiger partial charge in [-0.3, -0.25) is 0 Å². The molecule has 0 heterocycles. The third kappa shape index (κ3) is 1.01. The first-order chi connectivity index (χ1) is 5.57. The Hall–Kier alpha value is -0.100. The van der Waals surface area contributed by atoms with Gasteiger partial charge in [0.15, 0.2) is 5.83 Å². The van der Waals surface area contributed by atoms with E-state index in [9.17, 15) is 26.3 Å². The summed E-state index contributed by atoms with van der Waals surface area (Å²) < 4.78 is 74.5. The summed E-state index contributed by atoms with van der Waals surface area (Å²) in [5.41, 5.74) is 0. The zero-order valence-corrected chi connectivity index (χ0v) is 7.04. The summed E-state index contributed by atoms with van der Waals surface area (Å²) in [6.45, 7) is 0. The topological polar surface area (TPSA) is 0 Å². The zero-order valence-electron chi connectivity index (χ0n) is 5.52. The Bertz CT molecular complexity index is 255. The van der Waals surface area contributed by atoms with Crippen molar-refractivity contribution in [2.45, 2.75) is 17.0 Å². The lowest BCUT2D eigenvalue weighted by Gasteiger charge is -2.24. The maximum absolute atomic E-state index is 12.6. The molecule has 0 aromatic rings. The molecule has 0 fully saturated rings. The van der Waals surface area contributed by atoms with Crippen LogP contribution in [0.3, 0.4) is 0 Å². The summed E-state index contributed by atoms with van der Waals surface area (Å²) in [4.78, 5) is 0. The second-order valence-electron chi connectivity index (χ2n) is 2.35. The van der Waals surface area contributed by atoms with E-state index < -0.39 is 27.8 Å². The average molecular weight is 245 g/mol. The third-order valence-corrected chi connectivity index (χ3v) is 2.41. The Balaban J connectivity index is 3.39. The van der Waals surface area contributed by atoms with Crippen LogP contribution in [0.25, 0.3) is 0 Å². The van der Waals surface area contributed by atoms with E-state index in [0.717, 1.165) is 0 Å². The first kappa shape index (κ1) is 11.0. The van der Waals surface area contributed by atoms with Gasteiger partial charge in [-0.25, -0.2) is 8.78 Å². The van der Waals surface area contributed by atoms with Gasteiger partial charge < -0.3 is 0 Å². The molecular weight excluding hydrogens is 245 g/mol. The molecule has 1 rings (SSSR count). The molecule has 0 saturated carbocycles. The van der Waals surface area contributed by atoms with Gasteiger partial charge in [0.1, 0.15) is 5.03 Å². The van der Waals surface area contributed by atoms with Gasteiger partial charge in [-0.2, -0.15) is 17.6 Å². The lowest BCUT2D eigenvalue weighted by atomic mass is 10.2. The van der Waals surface area contributed by atoms with E-state index >= 15 is 0 Å². The smallest absolute Gasteiger partial charge is 0.212 e. The van der Waals surface area contributed by atoms with Crippen molar-refractivity contribution in [2.24, 2.45) is 0 Å². The highest BCUT2D eigenvalue weighted by Gasteiger charge is 2.79. The Morgan fingerprint density at radius 3 is 1.38 bits per heavy atom. The van der Waals surface area contributed by atoms with Crippen LogP contribution in [0, 0.1) is 0 Å². The Morgan fingerprint density at radius 2 is 1.31 bits per heavy atom. The number of halogens is 8. The van der Waals surface area contributed by atoms with Crippen LogP contribution < -0.4 is 0 Å². The lowest BCUT2D eigenvalue weighted by molar-refractivity contribution is -0.152. The SMILES string of the molecule is FC1=C(Cl)C(F)(F)C(F)(Cl)C1(F)F. The van der Waals surface area contributed by atoms with Crippen LogP contribution in [0.2, 0.25) is 0 Å². The van der Waals surface area contributed by atoms with Crippen molar-refractivity contribution in [1.82, 2.24) is 0 Å². The number of rotatable bonds is 0. The molecule has 0 saturated heterocycles. The van der Waals surface area contributed by atoms with Gasteiger partial charge >= 0.3 is 17.0 Å². The predicted octanol–water partition coefficient (Wildman–Crippen LogP) is 3.60. The van der Waals surface area contributed by atoms with Crippen molar-refractivity contribution < 1.29 is 26.3 Å². The molecule has 0 aromatic heterocycles. The minimum Gasteiger partial charge on any atom is -0.212 e. The minimum absolute atomic E-state index is 2.20. The van der Waals surface area contributed by atoms with E-state index in [0.29, 0.717) is 0 Å². The molecule has 0 aliphatic heterocycles. The summed E-state index contributed by atoms with van der Waals surface area (Å²) in [7, 11) is 0. The van der Waals surface area contributed by atoms with Crippen molar-refractivity contribution in [3.8, 4) is 0 Å². The lowest BCUT2D eigenvalue weighted by Crippen LogP contribution is -2.47. The number of allylic oxidation sites excluding steroid dienone is 2. The van der Waals surface area contributed by atoms with Crippen molar-refractivity contribution in [3.05, 3.63) is 10.9 Å². The van der Waals surface area contributed by atoms with Gasteiger partial charge in [-0.15, -0.1) is 0 Å². The van der Waals surface area contributed by atoms with Crippen molar-refractivity contribution in [3.63, 3.8) is 0 Å². The standard InChI is InChI=1S/C5Cl2F6/c6-1-2(8)4(11,12)5(7,13)3(1,9)10. The highest BCUT2D eigenvalue weighted by Crippen LogP contribution is 2.61. The largest absolute Gasteiger partial charge is 0.353 e. The second-order valence-corrected chi connectivity index (χ2v) is 3.25. The molecule has 0 aromatic carbocycles. The Morgan fingerprint density at radius 1 is 0.923 bits per heavy atom. The Labute approximate surface area is 78.1 Å². The maximum Gasteiger partial charge on any atom is 0.353 e. The molecule has 0 nitrogen and oxygen atoms in total. The summed E-state index contributed by atoms with van der Waals surface area (Å²) >= 11 is 8.68. The van der Waals surface area contributed by atoms with E-state index in [2.05, 4.69) is 23.2 Å². The van der Waals surface area contributed by atoms with Gasteiger partial charge in [0.2, 0.25) is 0 Å². The molecule has 13 heavy (non-hydrogen) atoms. The van der Waals surface area contributed by atoms with Crippen LogP contribution in [-0.2, 0) is 0 Å². The first-order valence-electron chi connectivity index (χ1n) is 2.76. The fourth-order valence-corrected chi connectivity index (χ4v) is 1.22. The summed E-state index contributed by atoms with van der Waals surface area (Å²) in [5.74, 6) is -12.8. The fourth-order valence-electron chi connectivity index (χ4n) is 0.749. The molecule has 1 unspecified atom stereocenters. The first-order valence-corrected chi connectivity index (χ1v) is 3.52. The molecule has 0 amide bonds.